The van der Waals surface area contributed by atoms with Crippen LogP contribution < -0.4 is 15.4 Å². The van der Waals surface area contributed by atoms with Crippen molar-refractivity contribution in [3.63, 3.8) is 0 Å². The maximum Gasteiger partial charge on any atom is 0.315 e. The minimum atomic E-state index is -0.429. The van der Waals surface area contributed by atoms with Crippen LogP contribution in [0.2, 0.25) is 0 Å². The van der Waals surface area contributed by atoms with Crippen LogP contribution >= 0.6 is 0 Å². The van der Waals surface area contributed by atoms with Crippen LogP contribution in [-0.4, -0.2) is 22.7 Å². The van der Waals surface area contributed by atoms with Crippen molar-refractivity contribution in [3.05, 3.63) is 83.9 Å². The first kappa shape index (κ1) is 17.5. The lowest BCUT2D eigenvalue weighted by Crippen LogP contribution is -2.39. The molecule has 3 rings (SSSR count). The molecule has 3 aromatic rings. The standard InChI is InChI=1S/C20H22N4O2/c1-24-13-12-21-19(24)18(16-10-6-7-11-17(16)26-2)23-20(25)22-14-15-8-4-3-5-9-15/h3-13,18H,14H2,1-2H3,(H2,22,23,25). The minimum absolute atomic E-state index is 0.271. The lowest BCUT2D eigenvalue weighted by atomic mass is 10.0. The first-order valence-corrected chi connectivity index (χ1v) is 8.37. The predicted octanol–water partition coefficient (Wildman–Crippen LogP) is 3.02. The van der Waals surface area contributed by atoms with E-state index in [1.165, 1.54) is 0 Å². The molecule has 0 saturated heterocycles. The lowest BCUT2D eigenvalue weighted by Gasteiger charge is -2.21. The normalized spacial score (nSPS) is 11.6. The topological polar surface area (TPSA) is 68.2 Å². The predicted molar refractivity (Wildman–Crippen MR) is 99.9 cm³/mol. The van der Waals surface area contributed by atoms with E-state index in [4.69, 9.17) is 4.74 Å². The summed E-state index contributed by atoms with van der Waals surface area (Å²) in [5.41, 5.74) is 1.88. The van der Waals surface area contributed by atoms with Gasteiger partial charge in [-0.05, 0) is 11.6 Å². The summed E-state index contributed by atoms with van der Waals surface area (Å²) in [6.07, 6.45) is 3.56. The number of nitrogens with zero attached hydrogens (tertiary/aromatic N) is 2. The van der Waals surface area contributed by atoms with Crippen molar-refractivity contribution in [3.8, 4) is 5.75 Å². The van der Waals surface area contributed by atoms with E-state index >= 15 is 0 Å². The Morgan fingerprint density at radius 1 is 1.15 bits per heavy atom. The third kappa shape index (κ3) is 4.03. The van der Waals surface area contributed by atoms with Crippen molar-refractivity contribution < 1.29 is 9.53 Å². The number of para-hydroxylation sites is 1. The van der Waals surface area contributed by atoms with Crippen LogP contribution in [0.3, 0.4) is 0 Å². The second-order valence-electron chi connectivity index (χ2n) is 5.88. The number of carbonyl (C=O) groups excluding carboxylic acids is 1. The zero-order chi connectivity index (χ0) is 18.4. The fourth-order valence-electron chi connectivity index (χ4n) is 2.80. The summed E-state index contributed by atoms with van der Waals surface area (Å²) in [7, 11) is 3.51. The molecule has 6 heteroatoms. The number of aromatic nitrogens is 2. The van der Waals surface area contributed by atoms with Crippen molar-refractivity contribution >= 4 is 6.03 Å². The maximum atomic E-state index is 12.5. The van der Waals surface area contributed by atoms with E-state index < -0.39 is 6.04 Å². The maximum absolute atomic E-state index is 12.5. The van der Waals surface area contributed by atoms with E-state index in [-0.39, 0.29) is 6.03 Å². The first-order valence-electron chi connectivity index (χ1n) is 8.37. The Morgan fingerprint density at radius 2 is 1.88 bits per heavy atom. The van der Waals surface area contributed by atoms with Gasteiger partial charge in [-0.25, -0.2) is 9.78 Å². The third-order valence-electron chi connectivity index (χ3n) is 4.14. The molecule has 0 aliphatic carbocycles. The summed E-state index contributed by atoms with van der Waals surface area (Å²) in [5, 5.41) is 5.90. The number of nitrogens with one attached hydrogen (secondary N) is 2. The van der Waals surface area contributed by atoms with E-state index in [2.05, 4.69) is 15.6 Å². The van der Waals surface area contributed by atoms with E-state index in [0.717, 1.165) is 17.0 Å². The summed E-state index contributed by atoms with van der Waals surface area (Å²) in [5.74, 6) is 1.42. The molecule has 0 aliphatic rings. The van der Waals surface area contributed by atoms with Crippen LogP contribution in [0, 0.1) is 0 Å². The number of amides is 2. The highest BCUT2D eigenvalue weighted by molar-refractivity contribution is 5.75. The Balaban J connectivity index is 1.80. The number of urea groups is 1. The molecule has 1 unspecified atom stereocenters. The molecule has 0 saturated carbocycles. The number of hydrogen-bond acceptors (Lipinski definition) is 3. The van der Waals surface area contributed by atoms with Crippen LogP contribution in [-0.2, 0) is 13.6 Å². The van der Waals surface area contributed by atoms with Crippen molar-refractivity contribution in [2.45, 2.75) is 12.6 Å². The Hall–Kier alpha value is -3.28. The number of aryl methyl sites for hydroxylation is 1. The Bertz CT molecular complexity index is 861. The number of methoxy groups -OCH3 is 1. The van der Waals surface area contributed by atoms with Crippen LogP contribution in [0.15, 0.2) is 67.0 Å². The zero-order valence-corrected chi connectivity index (χ0v) is 14.8. The Kier molecular flexibility index (Phi) is 5.53. The summed E-state index contributed by atoms with van der Waals surface area (Å²) in [6, 6.07) is 16.7. The van der Waals surface area contributed by atoms with Crippen molar-refractivity contribution in [2.24, 2.45) is 7.05 Å². The van der Waals surface area contributed by atoms with Gasteiger partial charge in [0.15, 0.2) is 0 Å². The molecule has 0 spiro atoms. The van der Waals surface area contributed by atoms with E-state index in [0.29, 0.717) is 12.3 Å². The number of ether oxygens (including phenoxy) is 1. The number of benzene rings is 2. The summed E-state index contributed by atoms with van der Waals surface area (Å²) < 4.78 is 7.35. The average Bonchev–Trinajstić information content (AvgIpc) is 3.11. The number of imidazole rings is 1. The SMILES string of the molecule is COc1ccccc1C(NC(=O)NCc1ccccc1)c1nccn1C. The van der Waals surface area contributed by atoms with Gasteiger partial charge in [0.05, 0.1) is 7.11 Å². The molecule has 0 radical (unpaired) electrons. The van der Waals surface area contributed by atoms with Gasteiger partial charge in [0.1, 0.15) is 17.6 Å². The van der Waals surface area contributed by atoms with Gasteiger partial charge in [-0.15, -0.1) is 0 Å². The summed E-state index contributed by atoms with van der Waals surface area (Å²) >= 11 is 0. The molecule has 2 aromatic carbocycles. The molecule has 0 fully saturated rings. The zero-order valence-electron chi connectivity index (χ0n) is 14.8. The Labute approximate surface area is 152 Å². The number of carbonyl (C=O) groups is 1. The van der Waals surface area contributed by atoms with Crippen LogP contribution in [0.4, 0.5) is 4.79 Å². The molecule has 2 N–H and O–H groups in total. The molecule has 1 heterocycles. The van der Waals surface area contributed by atoms with E-state index in [1.807, 2.05) is 72.4 Å². The number of rotatable bonds is 6. The van der Waals surface area contributed by atoms with Crippen LogP contribution in [0.1, 0.15) is 23.0 Å². The monoisotopic (exact) mass is 350 g/mol. The van der Waals surface area contributed by atoms with E-state index in [1.54, 1.807) is 13.3 Å². The van der Waals surface area contributed by atoms with E-state index in [9.17, 15) is 4.79 Å². The lowest BCUT2D eigenvalue weighted by molar-refractivity contribution is 0.237. The largest absolute Gasteiger partial charge is 0.496 e. The second-order valence-corrected chi connectivity index (χ2v) is 5.88. The summed E-state index contributed by atoms with van der Waals surface area (Å²) in [6.45, 7) is 0.450. The first-order chi connectivity index (χ1) is 12.7. The molecule has 134 valence electrons. The quantitative estimate of drug-likeness (QED) is 0.718. The fourth-order valence-corrected chi connectivity index (χ4v) is 2.80. The number of hydrogen-bond donors (Lipinski definition) is 2. The molecule has 2 amide bonds. The van der Waals surface area contributed by atoms with Gasteiger partial charge >= 0.3 is 6.03 Å². The van der Waals surface area contributed by atoms with Gasteiger partial charge in [-0.1, -0.05) is 48.5 Å². The molecule has 0 aliphatic heterocycles. The van der Waals surface area contributed by atoms with Crippen LogP contribution in [0.25, 0.3) is 0 Å². The summed E-state index contributed by atoms with van der Waals surface area (Å²) in [4.78, 5) is 16.9. The molecule has 1 atom stereocenters. The van der Waals surface area contributed by atoms with Gasteiger partial charge in [-0.2, -0.15) is 0 Å². The second kappa shape index (κ2) is 8.20. The highest BCUT2D eigenvalue weighted by Crippen LogP contribution is 2.28. The molecule has 6 nitrogen and oxygen atoms in total. The van der Waals surface area contributed by atoms with Crippen molar-refractivity contribution in [1.82, 2.24) is 20.2 Å². The minimum Gasteiger partial charge on any atom is -0.496 e. The molecular weight excluding hydrogens is 328 g/mol. The van der Waals surface area contributed by atoms with Crippen molar-refractivity contribution in [1.29, 1.82) is 0 Å². The molecule has 0 bridgehead atoms. The fraction of sp³-hybridized carbons (Fsp3) is 0.200. The average molecular weight is 350 g/mol. The smallest absolute Gasteiger partial charge is 0.315 e. The molecule has 1 aromatic heterocycles. The highest BCUT2D eigenvalue weighted by Gasteiger charge is 2.23. The van der Waals surface area contributed by atoms with Crippen molar-refractivity contribution in [2.75, 3.05) is 7.11 Å². The highest BCUT2D eigenvalue weighted by atomic mass is 16.5. The van der Waals surface area contributed by atoms with Gasteiger partial charge in [0.2, 0.25) is 0 Å². The third-order valence-corrected chi connectivity index (χ3v) is 4.14. The molecule has 26 heavy (non-hydrogen) atoms. The van der Waals surface area contributed by atoms with Gasteiger partial charge < -0.3 is 19.9 Å². The Morgan fingerprint density at radius 3 is 2.58 bits per heavy atom. The van der Waals surface area contributed by atoms with Gasteiger partial charge in [-0.3, -0.25) is 0 Å². The van der Waals surface area contributed by atoms with Crippen LogP contribution in [0.5, 0.6) is 5.75 Å². The van der Waals surface area contributed by atoms with Gasteiger partial charge in [0, 0.05) is 31.5 Å². The van der Waals surface area contributed by atoms with Gasteiger partial charge in [0.25, 0.3) is 0 Å². The molecular formula is C20H22N4O2.